The van der Waals surface area contributed by atoms with Crippen molar-refractivity contribution in [1.29, 1.82) is 0 Å². The van der Waals surface area contributed by atoms with Crippen LogP contribution in [0.1, 0.15) is 34.5 Å². The number of hydrogen-bond donors (Lipinski definition) is 0. The number of aldehydes is 1. The molecule has 0 N–H and O–H groups in total. The van der Waals surface area contributed by atoms with Gasteiger partial charge in [-0.25, -0.2) is 9.97 Å². The molecule has 0 aliphatic heterocycles. The second-order valence-electron chi connectivity index (χ2n) is 6.65. The molecule has 2 aromatic carbocycles. The maximum Gasteiger partial charge on any atom is 0.159 e. The van der Waals surface area contributed by atoms with Crippen LogP contribution in [-0.4, -0.2) is 16.3 Å². The number of benzene rings is 2. The molecule has 0 spiro atoms. The number of halogens is 1. The molecule has 0 fully saturated rings. The zero-order valence-electron chi connectivity index (χ0n) is 14.4. The van der Waals surface area contributed by atoms with E-state index in [1.54, 1.807) is 0 Å². The van der Waals surface area contributed by atoms with Gasteiger partial charge in [-0.15, -0.1) is 0 Å². The van der Waals surface area contributed by atoms with Crippen molar-refractivity contribution >= 4 is 17.9 Å². The fourth-order valence-electron chi connectivity index (χ4n) is 3.50. The summed E-state index contributed by atoms with van der Waals surface area (Å²) < 4.78 is 0. The summed E-state index contributed by atoms with van der Waals surface area (Å²) in [6, 6.07) is 15.9. The van der Waals surface area contributed by atoms with E-state index in [9.17, 15) is 4.79 Å². The molecule has 4 rings (SSSR count). The number of carbonyl (C=O) groups is 1. The molecule has 0 amide bonds. The van der Waals surface area contributed by atoms with Crippen molar-refractivity contribution in [2.24, 2.45) is 0 Å². The minimum absolute atomic E-state index is 0.460. The van der Waals surface area contributed by atoms with E-state index in [4.69, 9.17) is 21.6 Å². The van der Waals surface area contributed by atoms with Crippen molar-refractivity contribution in [2.75, 3.05) is 0 Å². The lowest BCUT2D eigenvalue weighted by Crippen LogP contribution is -2.04. The first-order chi connectivity index (χ1) is 12.7. The Balaban J connectivity index is 1.70. The number of hydrogen-bond acceptors (Lipinski definition) is 3. The molecule has 3 aromatic rings. The molecule has 0 saturated carbocycles. The van der Waals surface area contributed by atoms with Gasteiger partial charge in [-0.05, 0) is 48.1 Å². The molecular formula is C22H19ClN2O. The van der Waals surface area contributed by atoms with E-state index >= 15 is 0 Å². The topological polar surface area (TPSA) is 42.9 Å². The third kappa shape index (κ3) is 3.54. The van der Waals surface area contributed by atoms with Crippen LogP contribution in [0.3, 0.4) is 0 Å². The molecule has 0 saturated heterocycles. The number of carbonyl (C=O) groups excluding carboxylic acids is 1. The Morgan fingerprint density at radius 2 is 1.81 bits per heavy atom. The van der Waals surface area contributed by atoms with E-state index in [1.165, 1.54) is 16.8 Å². The number of fused-ring (bicyclic) bond motifs is 1. The molecule has 0 atom stereocenters. The molecule has 0 bridgehead atoms. The zero-order valence-corrected chi connectivity index (χ0v) is 15.2. The van der Waals surface area contributed by atoms with Gasteiger partial charge < -0.3 is 4.79 Å². The Morgan fingerprint density at radius 1 is 1.00 bits per heavy atom. The van der Waals surface area contributed by atoms with Gasteiger partial charge in [0.15, 0.2) is 5.82 Å². The van der Waals surface area contributed by atoms with E-state index < -0.39 is 0 Å². The quantitative estimate of drug-likeness (QED) is 0.622. The summed E-state index contributed by atoms with van der Waals surface area (Å²) in [7, 11) is 0. The van der Waals surface area contributed by atoms with Crippen LogP contribution in [0, 0.1) is 0 Å². The average molecular weight is 363 g/mol. The number of rotatable bonds is 5. The predicted octanol–water partition coefficient (Wildman–Crippen LogP) is 4.62. The molecule has 130 valence electrons. The average Bonchev–Trinajstić information content (AvgIpc) is 3.12. The van der Waals surface area contributed by atoms with Crippen LogP contribution in [0.15, 0.2) is 48.5 Å². The SMILES string of the molecule is O=CCc1ccc(Cc2nc(-c3cccc(Cl)c3)nc3c2CCC3)cc1. The summed E-state index contributed by atoms with van der Waals surface area (Å²) in [4.78, 5) is 20.3. The first kappa shape index (κ1) is 16.9. The molecule has 1 aromatic heterocycles. The summed E-state index contributed by atoms with van der Waals surface area (Å²) in [6.45, 7) is 0. The van der Waals surface area contributed by atoms with Gasteiger partial charge in [0.25, 0.3) is 0 Å². The minimum atomic E-state index is 0.460. The Hall–Kier alpha value is -2.52. The van der Waals surface area contributed by atoms with Crippen LogP contribution < -0.4 is 0 Å². The Kier molecular flexibility index (Phi) is 4.81. The first-order valence-corrected chi connectivity index (χ1v) is 9.27. The Bertz CT molecular complexity index is 951. The van der Waals surface area contributed by atoms with E-state index in [2.05, 4.69) is 12.1 Å². The largest absolute Gasteiger partial charge is 0.303 e. The number of nitrogens with zero attached hydrogens (tertiary/aromatic N) is 2. The monoisotopic (exact) mass is 362 g/mol. The van der Waals surface area contributed by atoms with Gasteiger partial charge in [0.05, 0.1) is 5.69 Å². The molecule has 26 heavy (non-hydrogen) atoms. The van der Waals surface area contributed by atoms with Gasteiger partial charge in [-0.3, -0.25) is 0 Å². The summed E-state index contributed by atoms with van der Waals surface area (Å²) in [6.07, 6.45) is 5.36. The van der Waals surface area contributed by atoms with Gasteiger partial charge in [-0.2, -0.15) is 0 Å². The summed E-state index contributed by atoms with van der Waals surface area (Å²) in [5, 5.41) is 0.693. The van der Waals surface area contributed by atoms with Gasteiger partial charge >= 0.3 is 0 Å². The van der Waals surface area contributed by atoms with Crippen LogP contribution in [0.25, 0.3) is 11.4 Å². The van der Waals surface area contributed by atoms with Crippen LogP contribution in [0.5, 0.6) is 0 Å². The van der Waals surface area contributed by atoms with Crippen molar-refractivity contribution in [3.8, 4) is 11.4 Å². The molecule has 1 aliphatic rings. The first-order valence-electron chi connectivity index (χ1n) is 8.89. The van der Waals surface area contributed by atoms with Crippen molar-refractivity contribution in [2.45, 2.75) is 32.1 Å². The highest BCUT2D eigenvalue weighted by Gasteiger charge is 2.20. The van der Waals surface area contributed by atoms with E-state index in [1.807, 2.05) is 36.4 Å². The van der Waals surface area contributed by atoms with Crippen LogP contribution in [0.4, 0.5) is 0 Å². The van der Waals surface area contributed by atoms with Gasteiger partial charge in [0.1, 0.15) is 6.29 Å². The molecule has 1 heterocycles. The number of aromatic nitrogens is 2. The van der Waals surface area contributed by atoms with Crippen molar-refractivity contribution < 1.29 is 4.79 Å². The van der Waals surface area contributed by atoms with Crippen molar-refractivity contribution in [1.82, 2.24) is 9.97 Å². The fraction of sp³-hybridized carbons (Fsp3) is 0.227. The van der Waals surface area contributed by atoms with Crippen LogP contribution in [0.2, 0.25) is 5.02 Å². The second kappa shape index (κ2) is 7.38. The highest BCUT2D eigenvalue weighted by Crippen LogP contribution is 2.28. The summed E-state index contributed by atoms with van der Waals surface area (Å²) in [5.41, 5.74) is 6.76. The fourth-order valence-corrected chi connectivity index (χ4v) is 3.69. The lowest BCUT2D eigenvalue weighted by atomic mass is 10.0. The molecule has 0 unspecified atom stereocenters. The third-order valence-corrected chi connectivity index (χ3v) is 5.05. The smallest absolute Gasteiger partial charge is 0.159 e. The van der Waals surface area contributed by atoms with Crippen LogP contribution in [-0.2, 0) is 30.5 Å². The molecular weight excluding hydrogens is 344 g/mol. The standard InChI is InChI=1S/C22H19ClN2O/c23-18-4-1-3-17(14-18)22-24-20-6-2-5-19(20)21(25-22)13-16-9-7-15(8-10-16)11-12-26/h1,3-4,7-10,12,14H,2,5-6,11,13H2. The molecule has 3 nitrogen and oxygen atoms in total. The summed E-state index contributed by atoms with van der Waals surface area (Å²) >= 11 is 6.14. The predicted molar refractivity (Wildman–Crippen MR) is 104 cm³/mol. The second-order valence-corrected chi connectivity index (χ2v) is 7.08. The van der Waals surface area contributed by atoms with Crippen LogP contribution >= 0.6 is 11.6 Å². The minimum Gasteiger partial charge on any atom is -0.303 e. The maximum absolute atomic E-state index is 10.6. The Labute approximate surface area is 158 Å². The van der Waals surface area contributed by atoms with Crippen molar-refractivity contribution in [3.05, 3.63) is 81.6 Å². The maximum atomic E-state index is 10.6. The normalized spacial score (nSPS) is 12.8. The number of aryl methyl sites for hydroxylation is 1. The lowest BCUT2D eigenvalue weighted by molar-refractivity contribution is -0.107. The molecule has 4 heteroatoms. The molecule has 0 radical (unpaired) electrons. The highest BCUT2D eigenvalue weighted by atomic mass is 35.5. The van der Waals surface area contributed by atoms with E-state index in [-0.39, 0.29) is 0 Å². The molecule has 1 aliphatic carbocycles. The highest BCUT2D eigenvalue weighted by molar-refractivity contribution is 6.30. The zero-order chi connectivity index (χ0) is 17.9. The third-order valence-electron chi connectivity index (χ3n) is 4.82. The van der Waals surface area contributed by atoms with E-state index in [0.29, 0.717) is 11.4 Å². The van der Waals surface area contributed by atoms with Gasteiger partial charge in [0, 0.05) is 29.1 Å². The summed E-state index contributed by atoms with van der Waals surface area (Å²) in [5.74, 6) is 0.751. The lowest BCUT2D eigenvalue weighted by Gasteiger charge is -2.11. The van der Waals surface area contributed by atoms with Gasteiger partial charge in [0.2, 0.25) is 0 Å². The Morgan fingerprint density at radius 3 is 2.58 bits per heavy atom. The van der Waals surface area contributed by atoms with E-state index in [0.717, 1.165) is 54.6 Å². The van der Waals surface area contributed by atoms with Crippen molar-refractivity contribution in [3.63, 3.8) is 0 Å². The van der Waals surface area contributed by atoms with Gasteiger partial charge in [-0.1, -0.05) is 48.0 Å².